The van der Waals surface area contributed by atoms with Gasteiger partial charge in [-0.25, -0.2) is 0 Å². The Morgan fingerprint density at radius 1 is 1.25 bits per heavy atom. The summed E-state index contributed by atoms with van der Waals surface area (Å²) in [6.45, 7) is 6.76. The number of ether oxygens (including phenoxy) is 1. The molecule has 0 aliphatic carbocycles. The average Bonchev–Trinajstić information content (AvgIpc) is 2.49. The van der Waals surface area contributed by atoms with Gasteiger partial charge in [0.15, 0.2) is 0 Å². The molecule has 0 amide bonds. The number of para-hydroxylation sites is 1. The van der Waals surface area contributed by atoms with Crippen LogP contribution in [0.3, 0.4) is 0 Å². The molecule has 2 aliphatic rings. The van der Waals surface area contributed by atoms with Crippen LogP contribution in [0.5, 0.6) is 5.75 Å². The second-order valence-electron chi connectivity index (χ2n) is 6.31. The van der Waals surface area contributed by atoms with E-state index >= 15 is 0 Å². The van der Waals surface area contributed by atoms with Gasteiger partial charge in [-0.05, 0) is 51.5 Å². The van der Waals surface area contributed by atoms with Crippen molar-refractivity contribution in [3.63, 3.8) is 0 Å². The first-order chi connectivity index (χ1) is 9.79. The molecule has 2 atom stereocenters. The van der Waals surface area contributed by atoms with Gasteiger partial charge in [-0.1, -0.05) is 25.1 Å². The molecule has 1 aromatic rings. The number of rotatable bonds is 3. The summed E-state index contributed by atoms with van der Waals surface area (Å²) in [5.41, 5.74) is 1.39. The maximum Gasteiger partial charge on any atom is 0.124 e. The first kappa shape index (κ1) is 13.9. The van der Waals surface area contributed by atoms with Crippen LogP contribution in [0.15, 0.2) is 24.3 Å². The van der Waals surface area contributed by atoms with Gasteiger partial charge in [-0.3, -0.25) is 4.90 Å². The van der Waals surface area contributed by atoms with Gasteiger partial charge >= 0.3 is 0 Å². The fraction of sp³-hybridized carbons (Fsp3) is 0.647. The maximum absolute atomic E-state index is 5.88. The van der Waals surface area contributed by atoms with Crippen molar-refractivity contribution in [2.24, 2.45) is 11.8 Å². The fourth-order valence-corrected chi connectivity index (χ4v) is 3.76. The lowest BCUT2D eigenvalue weighted by Crippen LogP contribution is -2.43. The van der Waals surface area contributed by atoms with Gasteiger partial charge in [0.2, 0.25) is 0 Å². The topological polar surface area (TPSA) is 24.5 Å². The lowest BCUT2D eigenvalue weighted by atomic mass is 9.87. The molecule has 2 unspecified atom stereocenters. The summed E-state index contributed by atoms with van der Waals surface area (Å²) in [6.07, 6.45) is 2.63. The van der Waals surface area contributed by atoms with E-state index in [-0.39, 0.29) is 0 Å². The van der Waals surface area contributed by atoms with E-state index in [9.17, 15) is 0 Å². The van der Waals surface area contributed by atoms with Crippen LogP contribution >= 0.6 is 0 Å². The summed E-state index contributed by atoms with van der Waals surface area (Å²) in [4.78, 5) is 2.68. The molecule has 0 aromatic heterocycles. The zero-order chi connectivity index (χ0) is 13.9. The Hall–Kier alpha value is -1.06. The molecule has 1 fully saturated rings. The summed E-state index contributed by atoms with van der Waals surface area (Å²) in [5.74, 6) is 2.51. The van der Waals surface area contributed by atoms with E-state index in [1.807, 2.05) is 0 Å². The van der Waals surface area contributed by atoms with E-state index in [1.165, 1.54) is 31.5 Å². The molecule has 3 nitrogen and oxygen atoms in total. The minimum atomic E-state index is 0.537. The smallest absolute Gasteiger partial charge is 0.124 e. The van der Waals surface area contributed by atoms with E-state index in [2.05, 4.69) is 48.5 Å². The highest BCUT2D eigenvalue weighted by Gasteiger charge is 2.34. The third kappa shape index (κ3) is 2.70. The molecule has 1 aromatic carbocycles. The van der Waals surface area contributed by atoms with Crippen molar-refractivity contribution in [1.82, 2.24) is 10.2 Å². The fourth-order valence-electron chi connectivity index (χ4n) is 3.76. The molecule has 3 heteroatoms. The largest absolute Gasteiger partial charge is 0.493 e. The Morgan fingerprint density at radius 2 is 2.00 bits per heavy atom. The van der Waals surface area contributed by atoms with Gasteiger partial charge < -0.3 is 10.1 Å². The van der Waals surface area contributed by atoms with Crippen LogP contribution < -0.4 is 10.1 Å². The SMILES string of the molecule is CNCC1CCN(C2c3ccccc3OCC2C)CC1. The highest BCUT2D eigenvalue weighted by molar-refractivity contribution is 5.38. The number of hydrogen-bond donors (Lipinski definition) is 1. The maximum atomic E-state index is 5.88. The molecule has 1 N–H and O–H groups in total. The zero-order valence-corrected chi connectivity index (χ0v) is 12.6. The number of likely N-dealkylation sites (tertiary alicyclic amines) is 1. The highest BCUT2D eigenvalue weighted by atomic mass is 16.5. The first-order valence-electron chi connectivity index (χ1n) is 7.90. The minimum absolute atomic E-state index is 0.537. The van der Waals surface area contributed by atoms with E-state index in [4.69, 9.17) is 4.74 Å². The third-order valence-electron chi connectivity index (χ3n) is 4.81. The minimum Gasteiger partial charge on any atom is -0.493 e. The van der Waals surface area contributed by atoms with Crippen LogP contribution in [0.1, 0.15) is 31.4 Å². The van der Waals surface area contributed by atoms with Crippen LogP contribution in [0.2, 0.25) is 0 Å². The van der Waals surface area contributed by atoms with E-state index < -0.39 is 0 Å². The summed E-state index contributed by atoms with van der Waals surface area (Å²) >= 11 is 0. The molecule has 110 valence electrons. The predicted molar refractivity (Wildman–Crippen MR) is 82.1 cm³/mol. The molecular formula is C17H26N2O. The molecule has 0 saturated carbocycles. The molecular weight excluding hydrogens is 248 g/mol. The number of benzene rings is 1. The third-order valence-corrected chi connectivity index (χ3v) is 4.81. The Bertz CT molecular complexity index is 440. The van der Waals surface area contributed by atoms with E-state index in [1.54, 1.807) is 0 Å². The quantitative estimate of drug-likeness (QED) is 0.917. The number of hydrogen-bond acceptors (Lipinski definition) is 3. The number of nitrogens with zero attached hydrogens (tertiary/aromatic N) is 1. The molecule has 20 heavy (non-hydrogen) atoms. The molecule has 2 aliphatic heterocycles. The number of nitrogens with one attached hydrogen (secondary N) is 1. The average molecular weight is 274 g/mol. The van der Waals surface area contributed by atoms with Gasteiger partial charge in [0.05, 0.1) is 6.61 Å². The second kappa shape index (κ2) is 6.15. The molecule has 1 saturated heterocycles. The highest BCUT2D eigenvalue weighted by Crippen LogP contribution is 2.40. The molecule has 0 bridgehead atoms. The lowest BCUT2D eigenvalue weighted by molar-refractivity contribution is 0.0613. The Labute approximate surface area is 122 Å². The van der Waals surface area contributed by atoms with E-state index in [0.29, 0.717) is 12.0 Å². The van der Waals surface area contributed by atoms with E-state index in [0.717, 1.165) is 24.8 Å². The van der Waals surface area contributed by atoms with Crippen molar-refractivity contribution in [3.05, 3.63) is 29.8 Å². The van der Waals surface area contributed by atoms with Crippen molar-refractivity contribution in [2.75, 3.05) is 33.3 Å². The Morgan fingerprint density at radius 3 is 2.75 bits per heavy atom. The van der Waals surface area contributed by atoms with Gasteiger partial charge in [-0.2, -0.15) is 0 Å². The van der Waals surface area contributed by atoms with Crippen LogP contribution in [-0.2, 0) is 0 Å². The summed E-state index contributed by atoms with van der Waals surface area (Å²) in [6, 6.07) is 9.11. The van der Waals surface area contributed by atoms with Crippen molar-refractivity contribution in [3.8, 4) is 5.75 Å². The van der Waals surface area contributed by atoms with Gasteiger partial charge in [-0.15, -0.1) is 0 Å². The Balaban J connectivity index is 1.74. The normalized spacial score (nSPS) is 27.9. The lowest BCUT2D eigenvalue weighted by Gasteiger charge is -2.43. The van der Waals surface area contributed by atoms with Crippen molar-refractivity contribution in [2.45, 2.75) is 25.8 Å². The van der Waals surface area contributed by atoms with Crippen molar-refractivity contribution < 1.29 is 4.74 Å². The van der Waals surface area contributed by atoms with Crippen LogP contribution in [0.4, 0.5) is 0 Å². The second-order valence-corrected chi connectivity index (χ2v) is 6.31. The monoisotopic (exact) mass is 274 g/mol. The van der Waals surface area contributed by atoms with Crippen LogP contribution in [0, 0.1) is 11.8 Å². The first-order valence-corrected chi connectivity index (χ1v) is 7.90. The van der Waals surface area contributed by atoms with Gasteiger partial charge in [0, 0.05) is 17.5 Å². The summed E-state index contributed by atoms with van der Waals surface area (Å²) < 4.78 is 5.88. The molecule has 3 rings (SSSR count). The van der Waals surface area contributed by atoms with Crippen LogP contribution in [-0.4, -0.2) is 38.2 Å². The summed E-state index contributed by atoms with van der Waals surface area (Å²) in [7, 11) is 2.06. The number of piperidine rings is 1. The predicted octanol–water partition coefficient (Wildman–Crippen LogP) is 2.69. The zero-order valence-electron chi connectivity index (χ0n) is 12.6. The van der Waals surface area contributed by atoms with Crippen LogP contribution in [0.25, 0.3) is 0 Å². The molecule has 2 heterocycles. The van der Waals surface area contributed by atoms with Gasteiger partial charge in [0.25, 0.3) is 0 Å². The van der Waals surface area contributed by atoms with Crippen molar-refractivity contribution >= 4 is 0 Å². The number of fused-ring (bicyclic) bond motifs is 1. The molecule has 0 radical (unpaired) electrons. The molecule has 0 spiro atoms. The Kier molecular flexibility index (Phi) is 4.27. The standard InChI is InChI=1S/C17H26N2O/c1-13-12-20-16-6-4-3-5-15(16)17(13)19-9-7-14(8-10-19)11-18-2/h3-6,13-14,17-18H,7-12H2,1-2H3. The van der Waals surface area contributed by atoms with Crippen molar-refractivity contribution in [1.29, 1.82) is 0 Å². The summed E-state index contributed by atoms with van der Waals surface area (Å²) in [5, 5.41) is 3.32. The van der Waals surface area contributed by atoms with Gasteiger partial charge in [0.1, 0.15) is 5.75 Å².